The molecule has 0 bridgehead atoms. The lowest BCUT2D eigenvalue weighted by Gasteiger charge is -2.12. The van der Waals surface area contributed by atoms with E-state index >= 15 is 0 Å². The van der Waals surface area contributed by atoms with Crippen molar-refractivity contribution in [1.82, 2.24) is 9.78 Å². The minimum Gasteiger partial charge on any atom is -0.479 e. The second-order valence-electron chi connectivity index (χ2n) is 3.66. The number of carbonyl (C=O) groups is 1. The maximum atomic E-state index is 10.5. The average Bonchev–Trinajstić information content (AvgIpc) is 2.58. The Morgan fingerprint density at radius 2 is 2.19 bits per heavy atom. The van der Waals surface area contributed by atoms with Crippen molar-refractivity contribution in [2.45, 2.75) is 39.0 Å². The number of aliphatic hydroxyl groups is 2. The highest BCUT2D eigenvalue weighted by Crippen LogP contribution is 2.20. The summed E-state index contributed by atoms with van der Waals surface area (Å²) in [7, 11) is 0. The van der Waals surface area contributed by atoms with Crippen molar-refractivity contribution in [2.24, 2.45) is 0 Å². The molecule has 0 aliphatic heterocycles. The van der Waals surface area contributed by atoms with Crippen molar-refractivity contribution in [3.05, 3.63) is 17.5 Å². The second kappa shape index (κ2) is 5.09. The van der Waals surface area contributed by atoms with Crippen LogP contribution in [0.4, 0.5) is 0 Å². The normalized spacial score (nSPS) is 14.8. The lowest BCUT2D eigenvalue weighted by molar-refractivity contribution is -0.153. The zero-order chi connectivity index (χ0) is 12.3. The number of hydrogen-bond acceptors (Lipinski definition) is 4. The summed E-state index contributed by atoms with van der Waals surface area (Å²) in [6.07, 6.45) is -0.811. The van der Waals surface area contributed by atoms with Gasteiger partial charge in [0.25, 0.3) is 0 Å². The fraction of sp³-hybridized carbons (Fsp3) is 0.600. The first-order chi connectivity index (χ1) is 7.47. The van der Waals surface area contributed by atoms with Gasteiger partial charge >= 0.3 is 5.97 Å². The molecule has 6 heteroatoms. The topological polar surface area (TPSA) is 95.6 Å². The van der Waals surface area contributed by atoms with E-state index in [2.05, 4.69) is 5.10 Å². The maximum Gasteiger partial charge on any atom is 0.335 e. The van der Waals surface area contributed by atoms with Crippen LogP contribution in [0.1, 0.15) is 30.7 Å². The lowest BCUT2D eigenvalue weighted by atomic mass is 10.1. The predicted octanol–water partition coefficient (Wildman–Crippen LogP) is 0.0804. The van der Waals surface area contributed by atoms with Gasteiger partial charge in [-0.1, -0.05) is 6.92 Å². The maximum absolute atomic E-state index is 10.5. The van der Waals surface area contributed by atoms with E-state index in [1.807, 2.05) is 6.92 Å². The smallest absolute Gasteiger partial charge is 0.335 e. The van der Waals surface area contributed by atoms with Crippen LogP contribution in [0.25, 0.3) is 0 Å². The molecular formula is C10H16N2O4. The molecule has 1 aromatic heterocycles. The third kappa shape index (κ3) is 2.59. The molecule has 90 valence electrons. The van der Waals surface area contributed by atoms with Gasteiger partial charge in [0.05, 0.1) is 5.69 Å². The molecule has 1 rings (SSSR count). The van der Waals surface area contributed by atoms with Crippen LogP contribution in [0.5, 0.6) is 0 Å². The van der Waals surface area contributed by atoms with Gasteiger partial charge in [-0.25, -0.2) is 4.79 Å². The molecule has 0 amide bonds. The van der Waals surface area contributed by atoms with E-state index in [-0.39, 0.29) is 0 Å². The van der Waals surface area contributed by atoms with Crippen LogP contribution in [-0.2, 0) is 11.3 Å². The van der Waals surface area contributed by atoms with Gasteiger partial charge in [0.1, 0.15) is 6.10 Å². The van der Waals surface area contributed by atoms with E-state index in [0.717, 1.165) is 6.42 Å². The summed E-state index contributed by atoms with van der Waals surface area (Å²) in [6, 6.07) is 0. The first kappa shape index (κ1) is 12.7. The Labute approximate surface area is 93.1 Å². The molecule has 0 radical (unpaired) electrons. The molecule has 0 aliphatic rings. The van der Waals surface area contributed by atoms with Crippen LogP contribution in [-0.4, -0.2) is 37.2 Å². The number of nitrogens with zero attached hydrogens (tertiary/aromatic N) is 2. The molecule has 0 aliphatic carbocycles. The number of hydrogen-bond donors (Lipinski definition) is 3. The molecule has 6 nitrogen and oxygen atoms in total. The first-order valence-electron chi connectivity index (χ1n) is 5.10. The van der Waals surface area contributed by atoms with Gasteiger partial charge in [0.15, 0.2) is 6.10 Å². The Morgan fingerprint density at radius 1 is 1.56 bits per heavy atom. The van der Waals surface area contributed by atoms with Gasteiger partial charge in [-0.2, -0.15) is 5.10 Å². The molecule has 0 spiro atoms. The Morgan fingerprint density at radius 3 is 2.69 bits per heavy atom. The summed E-state index contributed by atoms with van der Waals surface area (Å²) in [5.41, 5.74) is 0.879. The van der Waals surface area contributed by atoms with E-state index in [1.54, 1.807) is 17.8 Å². The highest BCUT2D eigenvalue weighted by Gasteiger charge is 2.27. The van der Waals surface area contributed by atoms with E-state index in [9.17, 15) is 15.0 Å². The summed E-state index contributed by atoms with van der Waals surface area (Å²) >= 11 is 0. The largest absolute Gasteiger partial charge is 0.479 e. The highest BCUT2D eigenvalue weighted by atomic mass is 16.4. The van der Waals surface area contributed by atoms with E-state index < -0.39 is 18.2 Å². The summed E-state index contributed by atoms with van der Waals surface area (Å²) in [5.74, 6) is -1.45. The Kier molecular flexibility index (Phi) is 4.03. The Balaban J connectivity index is 2.90. The van der Waals surface area contributed by atoms with Crippen LogP contribution in [0.15, 0.2) is 6.20 Å². The van der Waals surface area contributed by atoms with Crippen molar-refractivity contribution in [3.63, 3.8) is 0 Å². The third-order valence-corrected chi connectivity index (χ3v) is 2.31. The molecule has 0 saturated heterocycles. The van der Waals surface area contributed by atoms with Gasteiger partial charge in [0, 0.05) is 18.3 Å². The summed E-state index contributed by atoms with van der Waals surface area (Å²) in [6.45, 7) is 4.34. The predicted molar refractivity (Wildman–Crippen MR) is 55.9 cm³/mol. The van der Waals surface area contributed by atoms with Crippen LogP contribution < -0.4 is 0 Å². The highest BCUT2D eigenvalue weighted by molar-refractivity contribution is 5.73. The fourth-order valence-electron chi connectivity index (χ4n) is 1.47. The Bertz CT molecular complexity index is 375. The molecule has 2 unspecified atom stereocenters. The summed E-state index contributed by atoms with van der Waals surface area (Å²) in [4.78, 5) is 10.5. The van der Waals surface area contributed by atoms with Crippen molar-refractivity contribution in [3.8, 4) is 0 Å². The molecule has 0 fully saturated rings. The SMILES string of the molecule is CCCn1cc(C(O)C(O)C(=O)O)c(C)n1. The third-order valence-electron chi connectivity index (χ3n) is 2.31. The van der Waals surface area contributed by atoms with E-state index in [0.29, 0.717) is 17.8 Å². The molecule has 3 N–H and O–H groups in total. The van der Waals surface area contributed by atoms with Crippen molar-refractivity contribution >= 4 is 5.97 Å². The van der Waals surface area contributed by atoms with Crippen molar-refractivity contribution in [1.29, 1.82) is 0 Å². The molecule has 16 heavy (non-hydrogen) atoms. The average molecular weight is 228 g/mol. The van der Waals surface area contributed by atoms with E-state index in [1.165, 1.54) is 0 Å². The quantitative estimate of drug-likeness (QED) is 0.663. The fourth-order valence-corrected chi connectivity index (χ4v) is 1.47. The summed E-state index contributed by atoms with van der Waals surface area (Å²) < 4.78 is 1.63. The van der Waals surface area contributed by atoms with Crippen LogP contribution in [0.3, 0.4) is 0 Å². The number of rotatable bonds is 5. The lowest BCUT2D eigenvalue weighted by Crippen LogP contribution is -2.27. The number of aliphatic hydroxyl groups excluding tert-OH is 2. The van der Waals surface area contributed by atoms with Crippen LogP contribution >= 0.6 is 0 Å². The minimum absolute atomic E-state index is 0.350. The number of carboxylic acids is 1. The van der Waals surface area contributed by atoms with Gasteiger partial charge in [-0.3, -0.25) is 4.68 Å². The molecule has 0 aromatic carbocycles. The molecular weight excluding hydrogens is 212 g/mol. The zero-order valence-electron chi connectivity index (χ0n) is 9.29. The van der Waals surface area contributed by atoms with Crippen LogP contribution in [0.2, 0.25) is 0 Å². The van der Waals surface area contributed by atoms with Gasteiger partial charge in [-0.15, -0.1) is 0 Å². The number of aryl methyl sites for hydroxylation is 2. The zero-order valence-corrected chi connectivity index (χ0v) is 9.29. The molecule has 0 saturated carbocycles. The number of aromatic nitrogens is 2. The Hall–Kier alpha value is -1.40. The van der Waals surface area contributed by atoms with Gasteiger partial charge < -0.3 is 15.3 Å². The number of aliphatic carboxylic acids is 1. The molecule has 1 heterocycles. The van der Waals surface area contributed by atoms with Crippen molar-refractivity contribution in [2.75, 3.05) is 0 Å². The summed E-state index contributed by atoms with van der Waals surface area (Å²) in [5, 5.41) is 31.6. The van der Waals surface area contributed by atoms with Gasteiger partial charge in [-0.05, 0) is 13.3 Å². The standard InChI is InChI=1S/C10H16N2O4/c1-3-4-12-5-7(6(2)11-12)8(13)9(14)10(15)16/h5,8-9,13-14H,3-4H2,1-2H3,(H,15,16). The monoisotopic (exact) mass is 228 g/mol. The minimum atomic E-state index is -1.82. The first-order valence-corrected chi connectivity index (χ1v) is 5.10. The van der Waals surface area contributed by atoms with Crippen LogP contribution in [0, 0.1) is 6.92 Å². The van der Waals surface area contributed by atoms with Gasteiger partial charge in [0.2, 0.25) is 0 Å². The second-order valence-corrected chi connectivity index (χ2v) is 3.66. The van der Waals surface area contributed by atoms with Crippen molar-refractivity contribution < 1.29 is 20.1 Å². The van der Waals surface area contributed by atoms with E-state index in [4.69, 9.17) is 5.11 Å². The molecule has 1 aromatic rings. The molecule has 2 atom stereocenters. The number of carboxylic acid groups (broad SMARTS) is 1.